The number of aromatic nitrogens is 4. The Morgan fingerprint density at radius 2 is 1.97 bits per heavy atom. The lowest BCUT2D eigenvalue weighted by Gasteiger charge is -2.13. The number of halogens is 1. The summed E-state index contributed by atoms with van der Waals surface area (Å²) in [6.45, 7) is 2.10. The molecule has 0 aliphatic carbocycles. The molecule has 0 aliphatic rings. The van der Waals surface area contributed by atoms with Gasteiger partial charge in [-0.25, -0.2) is 0 Å². The van der Waals surface area contributed by atoms with Gasteiger partial charge in [0.2, 0.25) is 5.13 Å². The molecule has 0 fully saturated rings. The van der Waals surface area contributed by atoms with Crippen molar-refractivity contribution in [3.8, 4) is 22.1 Å². The van der Waals surface area contributed by atoms with E-state index in [1.807, 2.05) is 31.4 Å². The molecule has 11 heteroatoms. The van der Waals surface area contributed by atoms with Crippen molar-refractivity contribution in [1.82, 2.24) is 20.2 Å². The predicted molar refractivity (Wildman–Crippen MR) is 134 cm³/mol. The van der Waals surface area contributed by atoms with E-state index in [0.29, 0.717) is 37.8 Å². The number of hydrogen-bond donors (Lipinski definition) is 1. The zero-order valence-corrected chi connectivity index (χ0v) is 20.9. The summed E-state index contributed by atoms with van der Waals surface area (Å²) >= 11 is 8.95. The molecule has 1 N–H and O–H groups in total. The van der Waals surface area contributed by atoms with Crippen molar-refractivity contribution >= 4 is 45.7 Å². The van der Waals surface area contributed by atoms with Gasteiger partial charge in [-0.05, 0) is 60.9 Å². The van der Waals surface area contributed by atoms with E-state index in [1.165, 1.54) is 6.20 Å². The van der Waals surface area contributed by atoms with Crippen LogP contribution in [0.25, 0.3) is 11.1 Å². The summed E-state index contributed by atoms with van der Waals surface area (Å²) in [5.74, 6) is 0.205. The summed E-state index contributed by atoms with van der Waals surface area (Å²) in [5.41, 5.74) is 3.20. The summed E-state index contributed by atoms with van der Waals surface area (Å²) in [5, 5.41) is 11.9. The number of benzene rings is 1. The summed E-state index contributed by atoms with van der Waals surface area (Å²) < 4.78 is 11.1. The van der Waals surface area contributed by atoms with Crippen molar-refractivity contribution < 1.29 is 14.3 Å². The molecule has 0 saturated carbocycles. The zero-order valence-electron chi connectivity index (χ0n) is 18.5. The number of methoxy groups -OCH3 is 1. The van der Waals surface area contributed by atoms with Crippen molar-refractivity contribution in [2.45, 2.75) is 18.4 Å². The van der Waals surface area contributed by atoms with Gasteiger partial charge in [-0.2, -0.15) is 0 Å². The summed E-state index contributed by atoms with van der Waals surface area (Å²) in [7, 11) is 1.57. The molecule has 1 aromatic carbocycles. The second-order valence-corrected chi connectivity index (χ2v) is 9.28. The number of nitrogens with one attached hydrogen (secondary N) is 1. The van der Waals surface area contributed by atoms with E-state index in [-0.39, 0.29) is 12.5 Å². The van der Waals surface area contributed by atoms with Gasteiger partial charge >= 0.3 is 0 Å². The van der Waals surface area contributed by atoms with Crippen molar-refractivity contribution in [2.24, 2.45) is 0 Å². The number of rotatable bonds is 8. The molecular formula is C23H20ClN5O3S2. The molecule has 3 heterocycles. The molecule has 3 aromatic heterocycles. The Balaban J connectivity index is 1.50. The first-order valence-corrected chi connectivity index (χ1v) is 12.5. The lowest BCUT2D eigenvalue weighted by atomic mass is 9.99. The topological polar surface area (TPSA) is 99.1 Å². The zero-order chi connectivity index (χ0) is 24.1. The first kappa shape index (κ1) is 23.9. The number of anilines is 1. The standard InChI is InChI=1S/C23H20ClN5O3S2/c1-13-8-17(18-9-14(24)4-7-20(18)31-2)19(11-25-13)21(30)27-22-28-29-23(34-22)32-12-15-5-6-16(33-3)10-26-15/h4-11H,12H2,1-3H3,(H,27,28,30). The molecule has 4 aromatic rings. The average molecular weight is 514 g/mol. The van der Waals surface area contributed by atoms with Crippen LogP contribution in [0.1, 0.15) is 21.7 Å². The number of pyridine rings is 2. The molecule has 34 heavy (non-hydrogen) atoms. The van der Waals surface area contributed by atoms with Gasteiger partial charge in [0.25, 0.3) is 11.1 Å². The Hall–Kier alpha value is -3.21. The third kappa shape index (κ3) is 5.64. The van der Waals surface area contributed by atoms with Crippen LogP contribution in [-0.2, 0) is 6.61 Å². The van der Waals surface area contributed by atoms with Gasteiger partial charge in [-0.1, -0.05) is 16.7 Å². The predicted octanol–water partition coefficient (Wildman–Crippen LogP) is 5.52. The van der Waals surface area contributed by atoms with E-state index in [0.717, 1.165) is 27.6 Å². The van der Waals surface area contributed by atoms with Crippen molar-refractivity contribution in [1.29, 1.82) is 0 Å². The molecule has 0 aliphatic heterocycles. The van der Waals surface area contributed by atoms with Crippen LogP contribution >= 0.6 is 34.7 Å². The van der Waals surface area contributed by atoms with Crippen LogP contribution in [0.5, 0.6) is 10.9 Å². The molecule has 0 spiro atoms. The number of ether oxygens (including phenoxy) is 2. The van der Waals surface area contributed by atoms with E-state index in [4.69, 9.17) is 21.1 Å². The van der Waals surface area contributed by atoms with E-state index in [9.17, 15) is 4.79 Å². The van der Waals surface area contributed by atoms with Crippen LogP contribution < -0.4 is 14.8 Å². The lowest BCUT2D eigenvalue weighted by Crippen LogP contribution is -2.14. The monoisotopic (exact) mass is 513 g/mol. The Morgan fingerprint density at radius 1 is 1.12 bits per heavy atom. The van der Waals surface area contributed by atoms with Crippen LogP contribution in [-0.4, -0.2) is 39.4 Å². The van der Waals surface area contributed by atoms with Gasteiger partial charge in [-0.15, -0.1) is 16.9 Å². The Labute approximate surface area is 209 Å². The second-order valence-electron chi connectivity index (χ2n) is 7.02. The highest BCUT2D eigenvalue weighted by molar-refractivity contribution is 7.98. The molecule has 0 bridgehead atoms. The normalized spacial score (nSPS) is 10.7. The van der Waals surface area contributed by atoms with Crippen LogP contribution in [0.15, 0.2) is 53.7 Å². The van der Waals surface area contributed by atoms with Gasteiger partial charge < -0.3 is 9.47 Å². The molecule has 0 radical (unpaired) electrons. The Morgan fingerprint density at radius 3 is 2.71 bits per heavy atom. The average Bonchev–Trinajstić information content (AvgIpc) is 3.30. The van der Waals surface area contributed by atoms with Crippen LogP contribution in [0.3, 0.4) is 0 Å². The Kier molecular flexibility index (Phi) is 7.61. The lowest BCUT2D eigenvalue weighted by molar-refractivity contribution is 0.102. The highest BCUT2D eigenvalue weighted by atomic mass is 35.5. The maximum Gasteiger partial charge on any atom is 0.296 e. The number of hydrogen-bond acceptors (Lipinski definition) is 9. The van der Waals surface area contributed by atoms with E-state index >= 15 is 0 Å². The number of amides is 1. The van der Waals surface area contributed by atoms with Gasteiger partial charge in [0.1, 0.15) is 12.4 Å². The smallest absolute Gasteiger partial charge is 0.296 e. The maximum atomic E-state index is 13.1. The molecule has 1 amide bonds. The molecule has 0 unspecified atom stereocenters. The molecule has 174 valence electrons. The minimum atomic E-state index is -0.387. The third-order valence-corrected chi connectivity index (χ3v) is 6.44. The van der Waals surface area contributed by atoms with Gasteiger partial charge in [0.15, 0.2) is 0 Å². The highest BCUT2D eigenvalue weighted by Gasteiger charge is 2.19. The van der Waals surface area contributed by atoms with Gasteiger partial charge in [-0.3, -0.25) is 20.1 Å². The van der Waals surface area contributed by atoms with Crippen molar-refractivity contribution in [3.63, 3.8) is 0 Å². The van der Waals surface area contributed by atoms with Crippen molar-refractivity contribution in [2.75, 3.05) is 18.7 Å². The quantitative estimate of drug-likeness (QED) is 0.307. The SMILES string of the molecule is COc1ccc(Cl)cc1-c1cc(C)ncc1C(=O)Nc1nnc(OCc2ccc(SC)cn2)s1. The largest absolute Gasteiger partial charge is 0.496 e. The molecule has 4 rings (SSSR count). The highest BCUT2D eigenvalue weighted by Crippen LogP contribution is 2.35. The number of aryl methyl sites for hydroxylation is 1. The fourth-order valence-electron chi connectivity index (χ4n) is 3.09. The number of thioether (sulfide) groups is 1. The summed E-state index contributed by atoms with van der Waals surface area (Å²) in [6.07, 6.45) is 5.30. The maximum absolute atomic E-state index is 13.1. The fourth-order valence-corrected chi connectivity index (χ4v) is 4.21. The summed E-state index contributed by atoms with van der Waals surface area (Å²) in [6, 6.07) is 10.9. The number of nitrogens with zero attached hydrogens (tertiary/aromatic N) is 4. The third-order valence-electron chi connectivity index (χ3n) is 4.74. The number of carbonyl (C=O) groups excluding carboxylic acids is 1. The van der Waals surface area contributed by atoms with Crippen LogP contribution in [0.4, 0.5) is 5.13 Å². The van der Waals surface area contributed by atoms with E-state index in [1.54, 1.807) is 43.3 Å². The molecule has 0 saturated heterocycles. The fraction of sp³-hybridized carbons (Fsp3) is 0.174. The first-order chi connectivity index (χ1) is 16.5. The van der Waals surface area contributed by atoms with E-state index in [2.05, 4.69) is 25.5 Å². The van der Waals surface area contributed by atoms with Gasteiger partial charge in [0, 0.05) is 39.1 Å². The van der Waals surface area contributed by atoms with Crippen LogP contribution in [0.2, 0.25) is 5.02 Å². The molecular weight excluding hydrogens is 494 g/mol. The van der Waals surface area contributed by atoms with E-state index < -0.39 is 0 Å². The minimum Gasteiger partial charge on any atom is -0.496 e. The number of carbonyl (C=O) groups is 1. The molecule has 0 atom stereocenters. The second kappa shape index (κ2) is 10.8. The van der Waals surface area contributed by atoms with Gasteiger partial charge in [0.05, 0.1) is 18.4 Å². The summed E-state index contributed by atoms with van der Waals surface area (Å²) in [4.78, 5) is 22.8. The minimum absolute atomic E-state index is 0.248. The van der Waals surface area contributed by atoms with Crippen molar-refractivity contribution in [3.05, 3.63) is 70.8 Å². The molecule has 8 nitrogen and oxygen atoms in total. The first-order valence-electron chi connectivity index (χ1n) is 10.0. The van der Waals surface area contributed by atoms with Crippen LogP contribution in [0, 0.1) is 6.92 Å². The Bertz CT molecular complexity index is 1310.